The van der Waals surface area contributed by atoms with Gasteiger partial charge in [-0.1, -0.05) is 49.0 Å². The minimum absolute atomic E-state index is 0.0239. The summed E-state index contributed by atoms with van der Waals surface area (Å²) in [5.74, 6) is -2.16. The van der Waals surface area contributed by atoms with Gasteiger partial charge in [0.05, 0.1) is 23.8 Å². The highest BCUT2D eigenvalue weighted by Crippen LogP contribution is 2.52. The summed E-state index contributed by atoms with van der Waals surface area (Å²) < 4.78 is 0.734. The Morgan fingerprint density at radius 3 is 2.67 bits per heavy atom. The number of thiazole rings is 1. The molecule has 2 aliphatic heterocycles. The molecule has 1 aromatic heterocycles. The van der Waals surface area contributed by atoms with E-state index in [1.54, 1.807) is 6.92 Å². The Morgan fingerprint density at radius 2 is 2.04 bits per heavy atom. The lowest BCUT2D eigenvalue weighted by atomic mass is 9.79. The van der Waals surface area contributed by atoms with E-state index in [9.17, 15) is 19.8 Å². The van der Waals surface area contributed by atoms with Crippen molar-refractivity contribution in [2.45, 2.75) is 30.3 Å². The topological polar surface area (TPSA) is 90.7 Å². The van der Waals surface area contributed by atoms with E-state index < -0.39 is 18.0 Å². The summed E-state index contributed by atoms with van der Waals surface area (Å²) >= 11 is 2.75. The predicted molar refractivity (Wildman–Crippen MR) is 103 cm³/mol. The van der Waals surface area contributed by atoms with E-state index in [-0.39, 0.29) is 23.6 Å². The van der Waals surface area contributed by atoms with E-state index in [1.807, 2.05) is 42.6 Å². The number of aromatic nitrogens is 1. The fourth-order valence-electron chi connectivity index (χ4n) is 3.80. The summed E-state index contributed by atoms with van der Waals surface area (Å²) in [5, 5.41) is 21.5. The number of rotatable bonds is 5. The Kier molecular flexibility index (Phi) is 4.57. The number of benzene rings is 1. The number of aliphatic hydroxyl groups excluding tert-OH is 1. The molecule has 2 aromatic rings. The molecular formula is C19H18N2O4S2. The summed E-state index contributed by atoms with van der Waals surface area (Å²) in [6.07, 6.45) is -0.801. The van der Waals surface area contributed by atoms with E-state index in [0.29, 0.717) is 4.91 Å². The Balaban J connectivity index is 1.64. The van der Waals surface area contributed by atoms with Gasteiger partial charge in [0.1, 0.15) is 5.70 Å². The van der Waals surface area contributed by atoms with Crippen molar-refractivity contribution in [3.63, 3.8) is 0 Å². The minimum atomic E-state index is -1.12. The zero-order valence-electron chi connectivity index (χ0n) is 14.7. The number of β-lactam (4-membered cyclic amide) rings is 1. The maximum absolute atomic E-state index is 12.4. The number of hydrogen-bond acceptors (Lipinski definition) is 6. The Labute approximate surface area is 164 Å². The average molecular weight is 402 g/mol. The van der Waals surface area contributed by atoms with Crippen molar-refractivity contribution in [2.75, 3.05) is 0 Å². The molecule has 0 radical (unpaired) electrons. The molecule has 2 N–H and O–H groups in total. The third-order valence-corrected chi connectivity index (χ3v) is 7.28. The summed E-state index contributed by atoms with van der Waals surface area (Å²) in [4.78, 5) is 30.8. The van der Waals surface area contributed by atoms with Crippen LogP contribution in [0.15, 0.2) is 50.7 Å². The van der Waals surface area contributed by atoms with Crippen LogP contribution in [0, 0.1) is 11.8 Å². The molecule has 2 aliphatic rings. The Bertz CT molecular complexity index is 938. The SMILES string of the molecule is C[C@@H](O)[C@H]1C(=O)N2C(C(=O)O)=C(Sc3nc(-c4ccccc4)cs3)[C@H](C)[C@H]12. The fourth-order valence-corrected chi connectivity index (χ4v) is 5.89. The number of amides is 1. The maximum Gasteiger partial charge on any atom is 0.353 e. The van der Waals surface area contributed by atoms with Gasteiger partial charge >= 0.3 is 5.97 Å². The molecule has 1 saturated heterocycles. The molecule has 140 valence electrons. The number of carbonyl (C=O) groups excluding carboxylic acids is 1. The van der Waals surface area contributed by atoms with Gasteiger partial charge < -0.3 is 15.1 Å². The van der Waals surface area contributed by atoms with Gasteiger partial charge in [-0.25, -0.2) is 9.78 Å². The van der Waals surface area contributed by atoms with Crippen LogP contribution in [0.4, 0.5) is 0 Å². The molecule has 3 heterocycles. The lowest BCUT2D eigenvalue weighted by molar-refractivity contribution is -0.163. The Hall–Kier alpha value is -2.16. The summed E-state index contributed by atoms with van der Waals surface area (Å²) in [7, 11) is 0. The number of carboxylic acid groups (broad SMARTS) is 1. The standard InChI is InChI=1S/C19H18N2O4S2/c1-9-14-13(10(2)22)17(23)21(14)15(18(24)25)16(9)27-19-20-12(8-26-19)11-6-4-3-5-7-11/h3-10,13-14,22H,1-2H3,(H,24,25)/t9-,10-,13-,14-/m1/s1. The van der Waals surface area contributed by atoms with Gasteiger partial charge in [-0.3, -0.25) is 4.79 Å². The molecule has 1 amide bonds. The third-order valence-electron chi connectivity index (χ3n) is 5.06. The van der Waals surface area contributed by atoms with Crippen molar-refractivity contribution in [1.29, 1.82) is 0 Å². The normalized spacial score (nSPS) is 25.4. The molecule has 0 saturated carbocycles. The van der Waals surface area contributed by atoms with Crippen LogP contribution in [0.25, 0.3) is 11.3 Å². The average Bonchev–Trinajstić information content (AvgIpc) is 3.18. The number of carbonyl (C=O) groups is 2. The highest BCUT2D eigenvalue weighted by molar-refractivity contribution is 8.04. The largest absolute Gasteiger partial charge is 0.477 e. The van der Waals surface area contributed by atoms with Crippen molar-refractivity contribution >= 4 is 35.0 Å². The fraction of sp³-hybridized carbons (Fsp3) is 0.316. The molecule has 8 heteroatoms. The summed E-state index contributed by atoms with van der Waals surface area (Å²) in [5.41, 5.74) is 1.86. The third kappa shape index (κ3) is 2.88. The molecule has 0 unspecified atom stereocenters. The highest BCUT2D eigenvalue weighted by Gasteiger charge is 2.60. The molecule has 6 nitrogen and oxygen atoms in total. The monoisotopic (exact) mass is 402 g/mol. The first-order valence-corrected chi connectivity index (χ1v) is 10.3. The van der Waals surface area contributed by atoms with Crippen LogP contribution in [-0.4, -0.2) is 44.1 Å². The number of aliphatic hydroxyl groups is 1. The Morgan fingerprint density at radius 1 is 1.33 bits per heavy atom. The number of thioether (sulfide) groups is 1. The number of nitrogens with zero attached hydrogens (tertiary/aromatic N) is 2. The smallest absolute Gasteiger partial charge is 0.353 e. The molecule has 4 rings (SSSR count). The van der Waals surface area contributed by atoms with Crippen molar-refractivity contribution in [3.8, 4) is 11.3 Å². The van der Waals surface area contributed by atoms with Crippen LogP contribution in [0.2, 0.25) is 0 Å². The van der Waals surface area contributed by atoms with Crippen molar-refractivity contribution < 1.29 is 19.8 Å². The molecule has 1 aromatic carbocycles. The zero-order chi connectivity index (χ0) is 19.3. The number of fused-ring (bicyclic) bond motifs is 1. The number of aliphatic carboxylic acids is 1. The van der Waals surface area contributed by atoms with Gasteiger partial charge in [0.2, 0.25) is 5.91 Å². The van der Waals surface area contributed by atoms with Crippen LogP contribution in [0.3, 0.4) is 0 Å². The van der Waals surface area contributed by atoms with E-state index in [2.05, 4.69) is 4.98 Å². The minimum Gasteiger partial charge on any atom is -0.477 e. The molecule has 0 spiro atoms. The molecule has 0 bridgehead atoms. The van der Waals surface area contributed by atoms with Crippen LogP contribution in [-0.2, 0) is 9.59 Å². The first kappa shape index (κ1) is 18.2. The van der Waals surface area contributed by atoms with Gasteiger partial charge in [-0.05, 0) is 6.92 Å². The van der Waals surface area contributed by atoms with E-state index in [0.717, 1.165) is 15.6 Å². The van der Waals surface area contributed by atoms with E-state index in [4.69, 9.17) is 0 Å². The van der Waals surface area contributed by atoms with Crippen LogP contribution in [0.5, 0.6) is 0 Å². The molecule has 27 heavy (non-hydrogen) atoms. The first-order valence-electron chi connectivity index (χ1n) is 8.57. The molecule has 4 atom stereocenters. The second-order valence-corrected chi connectivity index (χ2v) is 8.89. The summed E-state index contributed by atoms with van der Waals surface area (Å²) in [6.45, 7) is 3.48. The molecule has 1 fully saturated rings. The maximum atomic E-state index is 12.4. The second kappa shape index (κ2) is 6.78. The number of carboxylic acids is 1. The second-order valence-electron chi connectivity index (χ2n) is 6.74. The summed E-state index contributed by atoms with van der Waals surface area (Å²) in [6, 6.07) is 9.47. The quantitative estimate of drug-likeness (QED) is 0.747. The van der Waals surface area contributed by atoms with Gasteiger partial charge in [0.25, 0.3) is 0 Å². The predicted octanol–water partition coefficient (Wildman–Crippen LogP) is 3.06. The van der Waals surface area contributed by atoms with Gasteiger partial charge in [0.15, 0.2) is 4.34 Å². The van der Waals surface area contributed by atoms with Crippen LogP contribution >= 0.6 is 23.1 Å². The van der Waals surface area contributed by atoms with Crippen molar-refractivity contribution in [3.05, 3.63) is 46.3 Å². The molecular weight excluding hydrogens is 384 g/mol. The van der Waals surface area contributed by atoms with Gasteiger partial charge in [0, 0.05) is 21.8 Å². The lowest BCUT2D eigenvalue weighted by Crippen LogP contribution is -2.63. The first-order chi connectivity index (χ1) is 12.9. The number of hydrogen-bond donors (Lipinski definition) is 2. The lowest BCUT2D eigenvalue weighted by Gasteiger charge is -2.46. The van der Waals surface area contributed by atoms with Crippen LogP contribution < -0.4 is 0 Å². The van der Waals surface area contributed by atoms with Crippen molar-refractivity contribution in [1.82, 2.24) is 9.88 Å². The van der Waals surface area contributed by atoms with E-state index >= 15 is 0 Å². The van der Waals surface area contributed by atoms with Gasteiger partial charge in [-0.2, -0.15) is 0 Å². The highest BCUT2D eigenvalue weighted by atomic mass is 32.2. The van der Waals surface area contributed by atoms with Crippen molar-refractivity contribution in [2.24, 2.45) is 11.8 Å². The van der Waals surface area contributed by atoms with E-state index in [1.165, 1.54) is 28.0 Å². The van der Waals surface area contributed by atoms with Gasteiger partial charge in [-0.15, -0.1) is 11.3 Å². The molecule has 0 aliphatic carbocycles. The zero-order valence-corrected chi connectivity index (χ0v) is 16.3. The van der Waals surface area contributed by atoms with Crippen LogP contribution in [0.1, 0.15) is 13.8 Å².